The molecular weight excluding hydrogens is 224 g/mol. The number of hydrogen-bond acceptors (Lipinski definition) is 3. The lowest BCUT2D eigenvalue weighted by atomic mass is 10.1. The Kier molecular flexibility index (Phi) is 4.45. The van der Waals surface area contributed by atoms with Crippen molar-refractivity contribution in [2.45, 2.75) is 26.1 Å². The van der Waals surface area contributed by atoms with Crippen molar-refractivity contribution in [1.82, 2.24) is 10.3 Å². The maximum Gasteiger partial charge on any atom is 0.0681 e. The Bertz CT molecular complexity index is 468. The van der Waals surface area contributed by atoms with Crippen LogP contribution in [0.1, 0.15) is 29.7 Å². The monoisotopic (exact) mass is 242 g/mol. The second-order valence-corrected chi connectivity index (χ2v) is 4.36. The van der Waals surface area contributed by atoms with E-state index < -0.39 is 0 Å². The molecule has 94 valence electrons. The summed E-state index contributed by atoms with van der Waals surface area (Å²) in [5.74, 6) is 0. The van der Waals surface area contributed by atoms with E-state index >= 15 is 0 Å². The molecule has 3 heteroatoms. The molecular formula is C15H18N2O. The lowest BCUT2D eigenvalue weighted by molar-refractivity contribution is 0.282. The zero-order valence-electron chi connectivity index (χ0n) is 10.5. The fourth-order valence-corrected chi connectivity index (χ4v) is 1.80. The molecule has 0 aliphatic carbocycles. The smallest absolute Gasteiger partial charge is 0.0681 e. The predicted molar refractivity (Wildman–Crippen MR) is 71.9 cm³/mol. The lowest BCUT2D eigenvalue weighted by Crippen LogP contribution is -2.18. The van der Waals surface area contributed by atoms with Crippen LogP contribution in [0, 0.1) is 0 Å². The summed E-state index contributed by atoms with van der Waals surface area (Å²) < 4.78 is 0. The first-order valence-electron chi connectivity index (χ1n) is 6.11. The molecule has 3 nitrogen and oxygen atoms in total. The van der Waals surface area contributed by atoms with E-state index in [-0.39, 0.29) is 6.61 Å². The first-order chi connectivity index (χ1) is 8.79. The van der Waals surface area contributed by atoms with E-state index in [4.69, 9.17) is 5.11 Å². The number of pyridine rings is 1. The number of nitrogens with zero attached hydrogens (tertiary/aromatic N) is 1. The van der Waals surface area contributed by atoms with Gasteiger partial charge in [0.25, 0.3) is 0 Å². The zero-order chi connectivity index (χ0) is 12.8. The molecule has 0 aliphatic heterocycles. The standard InChI is InChI=1S/C15H18N2O/c1-12(15-6-8-16-9-7-15)17-10-13-2-4-14(11-18)5-3-13/h2-9,12,17-18H,10-11H2,1H3/t12-/m1/s1. The van der Waals surface area contributed by atoms with E-state index in [2.05, 4.69) is 17.2 Å². The van der Waals surface area contributed by atoms with Gasteiger partial charge in [-0.2, -0.15) is 0 Å². The summed E-state index contributed by atoms with van der Waals surface area (Å²) in [6, 6.07) is 12.3. The van der Waals surface area contributed by atoms with Crippen molar-refractivity contribution in [2.75, 3.05) is 0 Å². The van der Waals surface area contributed by atoms with E-state index in [1.54, 1.807) is 0 Å². The molecule has 0 saturated carbocycles. The SMILES string of the molecule is C[C@@H](NCc1ccc(CO)cc1)c1ccncc1. The number of aliphatic hydroxyl groups is 1. The first-order valence-corrected chi connectivity index (χ1v) is 6.11. The van der Waals surface area contributed by atoms with E-state index in [9.17, 15) is 0 Å². The molecule has 0 unspecified atom stereocenters. The highest BCUT2D eigenvalue weighted by Gasteiger charge is 2.03. The van der Waals surface area contributed by atoms with Gasteiger partial charge in [-0.25, -0.2) is 0 Å². The number of hydrogen-bond donors (Lipinski definition) is 2. The van der Waals surface area contributed by atoms with Gasteiger partial charge in [0.1, 0.15) is 0 Å². The van der Waals surface area contributed by atoms with Crippen molar-refractivity contribution in [3.63, 3.8) is 0 Å². The largest absolute Gasteiger partial charge is 0.392 e. The molecule has 0 fully saturated rings. The van der Waals surface area contributed by atoms with Crippen LogP contribution in [0.4, 0.5) is 0 Å². The van der Waals surface area contributed by atoms with Gasteiger partial charge in [0.2, 0.25) is 0 Å². The molecule has 1 atom stereocenters. The van der Waals surface area contributed by atoms with Crippen LogP contribution in [0.25, 0.3) is 0 Å². The van der Waals surface area contributed by atoms with Crippen molar-refractivity contribution >= 4 is 0 Å². The van der Waals surface area contributed by atoms with Crippen molar-refractivity contribution in [3.8, 4) is 0 Å². The topological polar surface area (TPSA) is 45.1 Å². The van der Waals surface area contributed by atoms with Crippen molar-refractivity contribution in [2.24, 2.45) is 0 Å². The van der Waals surface area contributed by atoms with E-state index in [1.165, 1.54) is 11.1 Å². The van der Waals surface area contributed by atoms with Gasteiger partial charge < -0.3 is 10.4 Å². The highest BCUT2D eigenvalue weighted by molar-refractivity contribution is 5.22. The number of aliphatic hydroxyl groups excluding tert-OH is 1. The summed E-state index contributed by atoms with van der Waals surface area (Å²) in [5.41, 5.74) is 3.39. The quantitative estimate of drug-likeness (QED) is 0.846. The fourth-order valence-electron chi connectivity index (χ4n) is 1.80. The molecule has 0 saturated heterocycles. The second kappa shape index (κ2) is 6.28. The van der Waals surface area contributed by atoms with Crippen molar-refractivity contribution in [1.29, 1.82) is 0 Å². The number of nitrogens with one attached hydrogen (secondary N) is 1. The Morgan fingerprint density at radius 2 is 1.67 bits per heavy atom. The van der Waals surface area contributed by atoms with Crippen LogP contribution in [0.2, 0.25) is 0 Å². The third kappa shape index (κ3) is 3.39. The Labute approximate surface area is 108 Å². The van der Waals surface area contributed by atoms with Gasteiger partial charge in [-0.3, -0.25) is 4.98 Å². The van der Waals surface area contributed by atoms with E-state index in [1.807, 2.05) is 48.8 Å². The van der Waals surface area contributed by atoms with Gasteiger partial charge in [0.15, 0.2) is 0 Å². The molecule has 0 radical (unpaired) electrons. The minimum atomic E-state index is 0.0983. The zero-order valence-corrected chi connectivity index (χ0v) is 10.5. The minimum Gasteiger partial charge on any atom is -0.392 e. The molecule has 0 spiro atoms. The van der Waals surface area contributed by atoms with Crippen LogP contribution in [-0.4, -0.2) is 10.1 Å². The minimum absolute atomic E-state index is 0.0983. The van der Waals surface area contributed by atoms with Crippen LogP contribution in [0.5, 0.6) is 0 Å². The first kappa shape index (κ1) is 12.7. The molecule has 0 amide bonds. The molecule has 18 heavy (non-hydrogen) atoms. The normalized spacial score (nSPS) is 12.3. The third-order valence-electron chi connectivity index (χ3n) is 3.02. The molecule has 1 aromatic carbocycles. The second-order valence-electron chi connectivity index (χ2n) is 4.36. The molecule has 0 aliphatic rings. The number of aromatic nitrogens is 1. The Morgan fingerprint density at radius 1 is 1.06 bits per heavy atom. The molecule has 2 aromatic rings. The highest BCUT2D eigenvalue weighted by Crippen LogP contribution is 2.12. The molecule has 1 aromatic heterocycles. The van der Waals surface area contributed by atoms with Crippen LogP contribution >= 0.6 is 0 Å². The predicted octanol–water partition coefficient (Wildman–Crippen LogP) is 2.42. The molecule has 1 heterocycles. The summed E-state index contributed by atoms with van der Waals surface area (Å²) in [5, 5.41) is 12.4. The fraction of sp³-hybridized carbons (Fsp3) is 0.267. The van der Waals surface area contributed by atoms with Gasteiger partial charge in [-0.15, -0.1) is 0 Å². The summed E-state index contributed by atoms with van der Waals surface area (Å²) in [6.07, 6.45) is 3.62. The maximum absolute atomic E-state index is 8.97. The summed E-state index contributed by atoms with van der Waals surface area (Å²) in [6.45, 7) is 3.05. The van der Waals surface area contributed by atoms with E-state index in [0.717, 1.165) is 12.1 Å². The maximum atomic E-state index is 8.97. The number of benzene rings is 1. The van der Waals surface area contributed by atoms with Crippen LogP contribution in [0.15, 0.2) is 48.8 Å². The van der Waals surface area contributed by atoms with Gasteiger partial charge in [0, 0.05) is 25.0 Å². The highest BCUT2D eigenvalue weighted by atomic mass is 16.3. The summed E-state index contributed by atoms with van der Waals surface area (Å²) in [7, 11) is 0. The van der Waals surface area contributed by atoms with Gasteiger partial charge in [-0.1, -0.05) is 24.3 Å². The van der Waals surface area contributed by atoms with Gasteiger partial charge >= 0.3 is 0 Å². The van der Waals surface area contributed by atoms with Crippen molar-refractivity contribution < 1.29 is 5.11 Å². The van der Waals surface area contributed by atoms with Crippen LogP contribution in [-0.2, 0) is 13.2 Å². The summed E-state index contributed by atoms with van der Waals surface area (Å²) >= 11 is 0. The Hall–Kier alpha value is -1.71. The average Bonchev–Trinajstić information content (AvgIpc) is 2.46. The summed E-state index contributed by atoms with van der Waals surface area (Å²) in [4.78, 5) is 4.01. The van der Waals surface area contributed by atoms with Gasteiger partial charge in [0.05, 0.1) is 6.61 Å². The Morgan fingerprint density at radius 3 is 2.28 bits per heavy atom. The molecule has 2 N–H and O–H groups in total. The van der Waals surface area contributed by atoms with Gasteiger partial charge in [-0.05, 0) is 35.7 Å². The van der Waals surface area contributed by atoms with Crippen molar-refractivity contribution in [3.05, 3.63) is 65.5 Å². The average molecular weight is 242 g/mol. The van der Waals surface area contributed by atoms with Crippen LogP contribution < -0.4 is 5.32 Å². The Balaban J connectivity index is 1.91. The number of rotatable bonds is 5. The van der Waals surface area contributed by atoms with E-state index in [0.29, 0.717) is 6.04 Å². The molecule has 2 rings (SSSR count). The lowest BCUT2D eigenvalue weighted by Gasteiger charge is -2.14. The molecule has 0 bridgehead atoms. The third-order valence-corrected chi connectivity index (χ3v) is 3.02. The van der Waals surface area contributed by atoms with Crippen LogP contribution in [0.3, 0.4) is 0 Å².